The van der Waals surface area contributed by atoms with E-state index in [0.29, 0.717) is 12.0 Å². The summed E-state index contributed by atoms with van der Waals surface area (Å²) in [6, 6.07) is 14.2. The highest BCUT2D eigenvalue weighted by Gasteiger charge is 2.55. The molecule has 2 aromatic carbocycles. The van der Waals surface area contributed by atoms with E-state index < -0.39 is 36.3 Å². The van der Waals surface area contributed by atoms with Crippen LogP contribution in [0.3, 0.4) is 0 Å². The summed E-state index contributed by atoms with van der Waals surface area (Å²) in [6.07, 6.45) is -7.03. The number of aliphatic hydroxyl groups is 5. The zero-order valence-electron chi connectivity index (χ0n) is 15.8. The Hall–Kier alpha value is -2.00. The quantitative estimate of drug-likeness (QED) is 0.498. The topological polar surface area (TPSA) is 120 Å². The third-order valence-electron chi connectivity index (χ3n) is 5.16. The van der Waals surface area contributed by atoms with E-state index in [2.05, 4.69) is 0 Å². The second-order valence-electron chi connectivity index (χ2n) is 7.13. The lowest BCUT2D eigenvalue weighted by atomic mass is 9.84. The lowest BCUT2D eigenvalue weighted by Crippen LogP contribution is -2.65. The van der Waals surface area contributed by atoms with Crippen LogP contribution in [0.25, 0.3) is 0 Å². The predicted octanol–water partition coefficient (Wildman–Crippen LogP) is 0.293. The first-order chi connectivity index (χ1) is 13.3. The summed E-state index contributed by atoms with van der Waals surface area (Å²) in [5.41, 5.74) is 1.87. The summed E-state index contributed by atoms with van der Waals surface area (Å²) < 4.78 is 10.7. The molecule has 3 rings (SSSR count). The van der Waals surface area contributed by atoms with Gasteiger partial charge in [-0.2, -0.15) is 0 Å². The van der Waals surface area contributed by atoms with E-state index in [9.17, 15) is 25.5 Å². The number of rotatable bonds is 5. The van der Waals surface area contributed by atoms with E-state index in [1.54, 1.807) is 31.4 Å². The van der Waals surface area contributed by atoms with Gasteiger partial charge in [-0.3, -0.25) is 0 Å². The first-order valence-electron chi connectivity index (χ1n) is 9.11. The molecule has 0 saturated carbocycles. The average Bonchev–Trinajstić information content (AvgIpc) is 2.70. The molecule has 0 aromatic heterocycles. The van der Waals surface area contributed by atoms with Gasteiger partial charge in [0.15, 0.2) is 0 Å². The van der Waals surface area contributed by atoms with E-state index in [0.717, 1.165) is 11.3 Å². The molecule has 0 bridgehead atoms. The highest BCUT2D eigenvalue weighted by atomic mass is 16.7. The third kappa shape index (κ3) is 3.77. The first-order valence-corrected chi connectivity index (χ1v) is 9.11. The van der Waals surface area contributed by atoms with Crippen molar-refractivity contribution in [2.45, 2.75) is 49.7 Å². The Morgan fingerprint density at radius 1 is 1.04 bits per heavy atom. The fraction of sp³-hybridized carbons (Fsp3) is 0.429. The minimum atomic E-state index is -2.29. The second kappa shape index (κ2) is 8.16. The standard InChI is InChI=1S/C21H26O7/c1-12(22)19-17(23)18(24)20(25)21(26,28-19)16-6-4-3-5-14(16)11-13-7-9-15(27-2)10-8-13/h3-10,12,17-20,22-26H,11H2,1-2H3/t12-,17+,18+,19-,20-,21-/m1/s1. The molecule has 0 radical (unpaired) electrons. The molecule has 1 heterocycles. The lowest BCUT2D eigenvalue weighted by Gasteiger charge is -2.47. The highest BCUT2D eigenvalue weighted by molar-refractivity contribution is 5.38. The van der Waals surface area contributed by atoms with Crippen LogP contribution in [0.2, 0.25) is 0 Å². The minimum Gasteiger partial charge on any atom is -0.497 e. The number of methoxy groups -OCH3 is 1. The molecule has 2 aromatic rings. The molecular weight excluding hydrogens is 364 g/mol. The molecule has 1 fully saturated rings. The fourth-order valence-corrected chi connectivity index (χ4v) is 3.55. The number of hydrogen-bond donors (Lipinski definition) is 5. The predicted molar refractivity (Wildman–Crippen MR) is 101 cm³/mol. The first kappa shape index (κ1) is 20.7. The Bertz CT molecular complexity index is 792. The molecule has 0 unspecified atom stereocenters. The number of hydrogen-bond acceptors (Lipinski definition) is 7. The van der Waals surface area contributed by atoms with E-state index in [4.69, 9.17) is 9.47 Å². The van der Waals surface area contributed by atoms with Gasteiger partial charge in [-0.05, 0) is 36.6 Å². The van der Waals surface area contributed by atoms with E-state index in [-0.39, 0.29) is 5.56 Å². The van der Waals surface area contributed by atoms with Crippen LogP contribution < -0.4 is 4.74 Å². The van der Waals surface area contributed by atoms with Gasteiger partial charge in [0.25, 0.3) is 0 Å². The maximum Gasteiger partial charge on any atom is 0.222 e. The van der Waals surface area contributed by atoms with Crippen molar-refractivity contribution in [2.24, 2.45) is 0 Å². The van der Waals surface area contributed by atoms with Gasteiger partial charge >= 0.3 is 0 Å². The van der Waals surface area contributed by atoms with Gasteiger partial charge in [-0.15, -0.1) is 0 Å². The van der Waals surface area contributed by atoms with Crippen LogP contribution in [-0.4, -0.2) is 63.2 Å². The lowest BCUT2D eigenvalue weighted by molar-refractivity contribution is -0.364. The second-order valence-corrected chi connectivity index (χ2v) is 7.13. The van der Waals surface area contributed by atoms with Crippen molar-refractivity contribution in [1.29, 1.82) is 0 Å². The summed E-state index contributed by atoms with van der Waals surface area (Å²) in [6.45, 7) is 1.38. The van der Waals surface area contributed by atoms with Gasteiger partial charge in [-0.1, -0.05) is 36.4 Å². The molecule has 6 atom stereocenters. The summed E-state index contributed by atoms with van der Waals surface area (Å²) in [7, 11) is 1.58. The van der Waals surface area contributed by atoms with Crippen LogP contribution in [0, 0.1) is 0 Å². The monoisotopic (exact) mass is 390 g/mol. The third-order valence-corrected chi connectivity index (χ3v) is 5.16. The van der Waals surface area contributed by atoms with Gasteiger partial charge < -0.3 is 35.0 Å². The summed E-state index contributed by atoms with van der Waals surface area (Å²) in [5.74, 6) is -1.57. The van der Waals surface area contributed by atoms with Gasteiger partial charge in [0.2, 0.25) is 5.79 Å². The van der Waals surface area contributed by atoms with Crippen LogP contribution in [-0.2, 0) is 16.9 Å². The molecule has 1 saturated heterocycles. The van der Waals surface area contributed by atoms with Gasteiger partial charge in [-0.25, -0.2) is 0 Å². The molecule has 0 spiro atoms. The van der Waals surface area contributed by atoms with Crippen LogP contribution in [0.15, 0.2) is 48.5 Å². The van der Waals surface area contributed by atoms with Crippen LogP contribution in [0.1, 0.15) is 23.6 Å². The van der Waals surface area contributed by atoms with Gasteiger partial charge in [0.05, 0.1) is 13.2 Å². The minimum absolute atomic E-state index is 0.259. The van der Waals surface area contributed by atoms with Crippen molar-refractivity contribution in [3.63, 3.8) is 0 Å². The van der Waals surface area contributed by atoms with Crippen molar-refractivity contribution in [1.82, 2.24) is 0 Å². The molecule has 7 nitrogen and oxygen atoms in total. The van der Waals surface area contributed by atoms with Crippen LogP contribution in [0.4, 0.5) is 0 Å². The zero-order chi connectivity index (χ0) is 20.5. The van der Waals surface area contributed by atoms with Crippen molar-refractivity contribution >= 4 is 0 Å². The van der Waals surface area contributed by atoms with Crippen LogP contribution >= 0.6 is 0 Å². The summed E-state index contributed by atoms with van der Waals surface area (Å²) >= 11 is 0. The molecule has 1 aliphatic rings. The van der Waals surface area contributed by atoms with Gasteiger partial charge in [0.1, 0.15) is 30.2 Å². The molecule has 7 heteroatoms. The Kier molecular flexibility index (Phi) is 6.04. The van der Waals surface area contributed by atoms with Gasteiger partial charge in [0, 0.05) is 5.56 Å². The molecule has 5 N–H and O–H groups in total. The van der Waals surface area contributed by atoms with E-state index in [1.165, 1.54) is 6.92 Å². The number of ether oxygens (including phenoxy) is 2. The average molecular weight is 390 g/mol. The zero-order valence-corrected chi connectivity index (χ0v) is 15.8. The maximum atomic E-state index is 11.2. The van der Waals surface area contributed by atoms with Crippen molar-refractivity contribution in [3.05, 3.63) is 65.2 Å². The SMILES string of the molecule is COc1ccc(Cc2ccccc2[C@@]2(O)O[C@H]([C@@H](C)O)[C@@H](O)[C@H](O)[C@H]2O)cc1. The molecule has 152 valence electrons. The van der Waals surface area contributed by atoms with Crippen molar-refractivity contribution in [2.75, 3.05) is 7.11 Å². The van der Waals surface area contributed by atoms with Crippen molar-refractivity contribution in [3.8, 4) is 5.75 Å². The van der Waals surface area contributed by atoms with Crippen molar-refractivity contribution < 1.29 is 35.0 Å². The summed E-state index contributed by atoms with van der Waals surface area (Å²) in [5, 5.41) is 51.9. The largest absolute Gasteiger partial charge is 0.497 e. The number of benzene rings is 2. The maximum absolute atomic E-state index is 11.2. The Morgan fingerprint density at radius 2 is 1.68 bits per heavy atom. The number of aliphatic hydroxyl groups excluding tert-OH is 4. The molecule has 1 aliphatic heterocycles. The van der Waals surface area contributed by atoms with Crippen LogP contribution in [0.5, 0.6) is 5.75 Å². The normalized spacial score (nSPS) is 31.4. The molecular formula is C21H26O7. The molecule has 28 heavy (non-hydrogen) atoms. The Morgan fingerprint density at radius 3 is 2.29 bits per heavy atom. The van der Waals surface area contributed by atoms with E-state index in [1.807, 2.05) is 24.3 Å². The smallest absolute Gasteiger partial charge is 0.222 e. The Labute approximate surface area is 163 Å². The summed E-state index contributed by atoms with van der Waals surface area (Å²) in [4.78, 5) is 0. The Balaban J connectivity index is 1.97. The fourth-order valence-electron chi connectivity index (χ4n) is 3.55. The van der Waals surface area contributed by atoms with E-state index >= 15 is 0 Å². The highest BCUT2D eigenvalue weighted by Crippen LogP contribution is 2.39. The molecule has 0 amide bonds. The molecule has 0 aliphatic carbocycles.